The molecule has 1 fully saturated rings. The van der Waals surface area contributed by atoms with Crippen molar-refractivity contribution in [3.8, 4) is 0 Å². The number of hydrogen-bond acceptors (Lipinski definition) is 4. The maximum absolute atomic E-state index is 12.0. The van der Waals surface area contributed by atoms with E-state index < -0.39 is 0 Å². The lowest BCUT2D eigenvalue weighted by atomic mass is 10.0. The molecule has 2 amide bonds. The molecule has 2 aliphatic heterocycles. The van der Waals surface area contributed by atoms with Crippen LogP contribution in [0.5, 0.6) is 0 Å². The molecule has 2 heterocycles. The number of benzene rings is 1. The van der Waals surface area contributed by atoms with E-state index in [2.05, 4.69) is 5.32 Å². The molecule has 5 nitrogen and oxygen atoms in total. The van der Waals surface area contributed by atoms with Crippen molar-refractivity contribution in [2.75, 3.05) is 26.3 Å². The van der Waals surface area contributed by atoms with Crippen LogP contribution in [0.4, 0.5) is 0 Å². The first-order chi connectivity index (χ1) is 9.66. The summed E-state index contributed by atoms with van der Waals surface area (Å²) in [5.74, 6) is -0.708. The lowest BCUT2D eigenvalue weighted by Crippen LogP contribution is -2.39. The molecule has 1 saturated heterocycles. The van der Waals surface area contributed by atoms with E-state index in [1.807, 2.05) is 4.90 Å². The number of hydrogen-bond donors (Lipinski definition) is 1. The minimum absolute atomic E-state index is 0.346. The molecule has 0 bridgehead atoms. The normalized spacial score (nSPS) is 19.6. The molecule has 1 N–H and O–H groups in total. The Hall–Kier alpha value is -1.85. The van der Waals surface area contributed by atoms with Crippen molar-refractivity contribution in [2.24, 2.45) is 0 Å². The van der Waals surface area contributed by atoms with E-state index in [0.717, 1.165) is 0 Å². The lowest BCUT2D eigenvalue weighted by Gasteiger charge is -2.29. The molecule has 1 aromatic rings. The molecule has 0 radical (unpaired) electrons. The Balaban J connectivity index is 2.05. The zero-order valence-corrected chi connectivity index (χ0v) is 11.4. The number of amides is 2. The van der Waals surface area contributed by atoms with Crippen LogP contribution >= 0.6 is 11.6 Å². The third-order valence-corrected chi connectivity index (χ3v) is 3.62. The smallest absolute Gasteiger partial charge is 0.275 e. The van der Waals surface area contributed by atoms with Crippen molar-refractivity contribution in [1.29, 1.82) is 0 Å². The lowest BCUT2D eigenvalue weighted by molar-refractivity contribution is -0.124. The highest BCUT2D eigenvalue weighted by molar-refractivity contribution is 6.36. The van der Waals surface area contributed by atoms with Crippen molar-refractivity contribution in [3.05, 3.63) is 40.5 Å². The molecule has 0 atom stereocenters. The van der Waals surface area contributed by atoms with Gasteiger partial charge in [0.2, 0.25) is 0 Å². The molecule has 0 spiro atoms. The highest BCUT2D eigenvalue weighted by Gasteiger charge is 2.35. The van der Waals surface area contributed by atoms with Gasteiger partial charge in [0.25, 0.3) is 11.8 Å². The van der Waals surface area contributed by atoms with Crippen molar-refractivity contribution < 1.29 is 14.3 Å². The second-order valence-corrected chi connectivity index (χ2v) is 5.05. The van der Waals surface area contributed by atoms with Gasteiger partial charge in [-0.25, -0.2) is 0 Å². The van der Waals surface area contributed by atoms with Gasteiger partial charge in [0.15, 0.2) is 0 Å². The van der Waals surface area contributed by atoms with Crippen LogP contribution in [0.1, 0.15) is 5.56 Å². The van der Waals surface area contributed by atoms with E-state index in [-0.39, 0.29) is 11.8 Å². The van der Waals surface area contributed by atoms with E-state index in [0.29, 0.717) is 48.2 Å². The van der Waals surface area contributed by atoms with Gasteiger partial charge in [-0.05, 0) is 17.7 Å². The van der Waals surface area contributed by atoms with Crippen LogP contribution < -0.4 is 5.32 Å². The van der Waals surface area contributed by atoms with E-state index in [4.69, 9.17) is 16.3 Å². The highest BCUT2D eigenvalue weighted by atomic mass is 35.5. The van der Waals surface area contributed by atoms with Gasteiger partial charge in [-0.1, -0.05) is 23.7 Å². The molecule has 3 rings (SSSR count). The molecule has 0 saturated carbocycles. The van der Waals surface area contributed by atoms with Crippen LogP contribution in [0, 0.1) is 0 Å². The predicted octanol–water partition coefficient (Wildman–Crippen LogP) is 1.04. The number of ether oxygens (including phenoxy) is 1. The second kappa shape index (κ2) is 5.26. The van der Waals surface area contributed by atoms with Crippen molar-refractivity contribution in [2.45, 2.75) is 0 Å². The SMILES string of the molecule is O=C1NC(=O)C(N2CCOCC2)=C1c1ccc(Cl)cc1. The summed E-state index contributed by atoms with van der Waals surface area (Å²) in [6.07, 6.45) is 0. The van der Waals surface area contributed by atoms with Crippen molar-refractivity contribution in [3.63, 3.8) is 0 Å². The summed E-state index contributed by atoms with van der Waals surface area (Å²) < 4.78 is 5.28. The van der Waals surface area contributed by atoms with Gasteiger partial charge in [-0.2, -0.15) is 0 Å². The van der Waals surface area contributed by atoms with E-state index >= 15 is 0 Å². The van der Waals surface area contributed by atoms with E-state index in [1.54, 1.807) is 24.3 Å². The Labute approximate surface area is 121 Å². The molecule has 1 aromatic carbocycles. The maximum Gasteiger partial charge on any atom is 0.275 e. The van der Waals surface area contributed by atoms with Crippen LogP contribution in [0.3, 0.4) is 0 Å². The average molecular weight is 293 g/mol. The number of nitrogens with one attached hydrogen (secondary N) is 1. The number of rotatable bonds is 2. The zero-order valence-electron chi connectivity index (χ0n) is 10.7. The van der Waals surface area contributed by atoms with Crippen molar-refractivity contribution in [1.82, 2.24) is 10.2 Å². The van der Waals surface area contributed by atoms with Crippen LogP contribution in [-0.2, 0) is 14.3 Å². The minimum atomic E-state index is -0.362. The molecule has 6 heteroatoms. The van der Waals surface area contributed by atoms with E-state index in [9.17, 15) is 9.59 Å². The number of morpholine rings is 1. The molecule has 104 valence electrons. The highest BCUT2D eigenvalue weighted by Crippen LogP contribution is 2.27. The molecule has 0 aromatic heterocycles. The minimum Gasteiger partial charge on any atom is -0.378 e. The fraction of sp³-hybridized carbons (Fsp3) is 0.286. The molecular weight excluding hydrogens is 280 g/mol. The largest absolute Gasteiger partial charge is 0.378 e. The number of carbonyl (C=O) groups is 2. The fourth-order valence-electron chi connectivity index (χ4n) is 2.42. The van der Waals surface area contributed by atoms with Gasteiger partial charge in [-0.3, -0.25) is 14.9 Å². The molecule has 2 aliphatic rings. The fourth-order valence-corrected chi connectivity index (χ4v) is 2.54. The predicted molar refractivity (Wildman–Crippen MR) is 73.9 cm³/mol. The molecular formula is C14H13ClN2O3. The molecule has 20 heavy (non-hydrogen) atoms. The standard InChI is InChI=1S/C14H13ClN2O3/c15-10-3-1-9(2-4-10)11-12(14(19)16-13(11)18)17-5-7-20-8-6-17/h1-4H,5-8H2,(H,16,18,19). The zero-order chi connectivity index (χ0) is 14.1. The summed E-state index contributed by atoms with van der Waals surface area (Å²) in [5, 5.41) is 2.95. The first kappa shape index (κ1) is 13.1. The summed E-state index contributed by atoms with van der Waals surface area (Å²) >= 11 is 5.86. The topological polar surface area (TPSA) is 58.6 Å². The van der Waals surface area contributed by atoms with Gasteiger partial charge in [0.1, 0.15) is 5.70 Å². The first-order valence-electron chi connectivity index (χ1n) is 6.35. The number of halogens is 1. The summed E-state index contributed by atoms with van der Waals surface area (Å²) in [6.45, 7) is 2.32. The van der Waals surface area contributed by atoms with Gasteiger partial charge in [0.05, 0.1) is 18.8 Å². The van der Waals surface area contributed by atoms with Crippen LogP contribution in [0.2, 0.25) is 5.02 Å². The molecule has 0 unspecified atom stereocenters. The van der Waals surface area contributed by atoms with Crippen LogP contribution in [0.15, 0.2) is 30.0 Å². The van der Waals surface area contributed by atoms with Crippen LogP contribution in [0.25, 0.3) is 5.57 Å². The summed E-state index contributed by atoms with van der Waals surface area (Å²) in [6, 6.07) is 6.90. The third-order valence-electron chi connectivity index (χ3n) is 3.37. The Bertz CT molecular complexity index is 589. The second-order valence-electron chi connectivity index (χ2n) is 4.61. The maximum atomic E-state index is 12.0. The Kier molecular flexibility index (Phi) is 3.46. The Morgan fingerprint density at radius 1 is 1.05 bits per heavy atom. The number of imide groups is 1. The molecule has 0 aliphatic carbocycles. The summed E-state index contributed by atoms with van der Waals surface area (Å²) in [4.78, 5) is 26.0. The Morgan fingerprint density at radius 3 is 2.35 bits per heavy atom. The number of nitrogens with zero attached hydrogens (tertiary/aromatic N) is 1. The Morgan fingerprint density at radius 2 is 1.70 bits per heavy atom. The van der Waals surface area contributed by atoms with Gasteiger partial charge in [-0.15, -0.1) is 0 Å². The summed E-state index contributed by atoms with van der Waals surface area (Å²) in [5.41, 5.74) is 1.54. The van der Waals surface area contributed by atoms with Crippen LogP contribution in [-0.4, -0.2) is 43.0 Å². The summed E-state index contributed by atoms with van der Waals surface area (Å²) in [7, 11) is 0. The van der Waals surface area contributed by atoms with Gasteiger partial charge >= 0.3 is 0 Å². The third kappa shape index (κ3) is 2.30. The van der Waals surface area contributed by atoms with Gasteiger partial charge in [0, 0.05) is 18.1 Å². The quantitative estimate of drug-likeness (QED) is 0.828. The first-order valence-corrected chi connectivity index (χ1v) is 6.73. The average Bonchev–Trinajstić information content (AvgIpc) is 2.75. The van der Waals surface area contributed by atoms with Gasteiger partial charge < -0.3 is 9.64 Å². The van der Waals surface area contributed by atoms with E-state index in [1.165, 1.54) is 0 Å². The number of carbonyl (C=O) groups excluding carboxylic acids is 2. The van der Waals surface area contributed by atoms with Crippen molar-refractivity contribution >= 4 is 29.0 Å². The monoisotopic (exact) mass is 292 g/mol.